The molecule has 0 fully saturated rings. The molecule has 9 heteroatoms. The Labute approximate surface area is 167 Å². The van der Waals surface area contributed by atoms with Gasteiger partial charge in [-0.15, -0.1) is 0 Å². The number of aromatic nitrogens is 2. The van der Waals surface area contributed by atoms with Crippen LogP contribution in [0.5, 0.6) is 0 Å². The number of carbonyl (C=O) groups is 1. The predicted octanol–water partition coefficient (Wildman–Crippen LogP) is 2.89. The molecule has 2 heterocycles. The van der Waals surface area contributed by atoms with E-state index in [1.807, 2.05) is 13.8 Å². The van der Waals surface area contributed by atoms with Crippen LogP contribution in [0.15, 0.2) is 24.4 Å². The topological polar surface area (TPSA) is 90.4 Å². The van der Waals surface area contributed by atoms with E-state index >= 15 is 0 Å². The van der Waals surface area contributed by atoms with Crippen LogP contribution in [0.3, 0.4) is 0 Å². The summed E-state index contributed by atoms with van der Waals surface area (Å²) in [5, 5.41) is 15.1. The van der Waals surface area contributed by atoms with Crippen LogP contribution in [-0.4, -0.2) is 45.2 Å². The minimum absolute atomic E-state index is 0.0272. The van der Waals surface area contributed by atoms with Gasteiger partial charge in [0.05, 0.1) is 29.9 Å². The number of halogens is 2. The number of urea groups is 1. The zero-order chi connectivity index (χ0) is 20.3. The standard InChI is InChI=1S/C19H23ClFN5O2/c1-11(10-27)23-18-22-8-14-5-6-26(9-17(14)25-18)19(28)24-12(2)13-3-4-16(21)15(20)7-13/h3-4,7-8,11-12,27H,5-6,9-10H2,1-2H3,(H,24,28)(H,22,23,25)/t11-,12+/m0/s1. The Morgan fingerprint density at radius 1 is 1.43 bits per heavy atom. The molecule has 1 aliphatic heterocycles. The van der Waals surface area contributed by atoms with Gasteiger partial charge in [0.25, 0.3) is 0 Å². The maximum absolute atomic E-state index is 13.3. The van der Waals surface area contributed by atoms with Gasteiger partial charge in [0.2, 0.25) is 5.95 Å². The number of anilines is 1. The second kappa shape index (κ2) is 8.70. The van der Waals surface area contributed by atoms with Gasteiger partial charge in [0.1, 0.15) is 5.82 Å². The molecule has 2 aromatic rings. The Hall–Kier alpha value is -2.45. The van der Waals surface area contributed by atoms with E-state index in [2.05, 4.69) is 20.6 Å². The first-order valence-corrected chi connectivity index (χ1v) is 9.47. The first-order valence-electron chi connectivity index (χ1n) is 9.10. The highest BCUT2D eigenvalue weighted by Crippen LogP contribution is 2.22. The quantitative estimate of drug-likeness (QED) is 0.709. The summed E-state index contributed by atoms with van der Waals surface area (Å²) in [5.41, 5.74) is 2.51. The number of hydrogen-bond acceptors (Lipinski definition) is 5. The van der Waals surface area contributed by atoms with Gasteiger partial charge in [-0.3, -0.25) is 0 Å². The predicted molar refractivity (Wildman–Crippen MR) is 105 cm³/mol. The SMILES string of the molecule is C[C@@H](CO)Nc1ncc2c(n1)CN(C(=O)N[C@H](C)c1ccc(F)c(Cl)c1)CC2. The van der Waals surface area contributed by atoms with E-state index in [0.29, 0.717) is 25.5 Å². The fourth-order valence-corrected chi connectivity index (χ4v) is 3.14. The molecule has 0 aliphatic carbocycles. The molecule has 0 spiro atoms. The van der Waals surface area contributed by atoms with E-state index in [0.717, 1.165) is 16.8 Å². The monoisotopic (exact) mass is 407 g/mol. The Kier molecular flexibility index (Phi) is 6.31. The van der Waals surface area contributed by atoms with E-state index in [1.165, 1.54) is 12.1 Å². The van der Waals surface area contributed by atoms with Crippen molar-refractivity contribution in [3.8, 4) is 0 Å². The second-order valence-electron chi connectivity index (χ2n) is 6.91. The molecule has 28 heavy (non-hydrogen) atoms. The minimum Gasteiger partial charge on any atom is -0.394 e. The number of hydrogen-bond donors (Lipinski definition) is 3. The van der Waals surface area contributed by atoms with Gasteiger partial charge in [-0.05, 0) is 43.5 Å². The van der Waals surface area contributed by atoms with Gasteiger partial charge in [0.15, 0.2) is 0 Å². The van der Waals surface area contributed by atoms with Gasteiger partial charge >= 0.3 is 6.03 Å². The lowest BCUT2D eigenvalue weighted by molar-refractivity contribution is 0.188. The number of aliphatic hydroxyl groups excluding tert-OH is 1. The maximum Gasteiger partial charge on any atom is 0.318 e. The molecule has 0 saturated heterocycles. The minimum atomic E-state index is -0.490. The first-order chi connectivity index (χ1) is 13.4. The van der Waals surface area contributed by atoms with Crippen molar-refractivity contribution >= 4 is 23.6 Å². The van der Waals surface area contributed by atoms with E-state index in [4.69, 9.17) is 16.7 Å². The van der Waals surface area contributed by atoms with Crippen molar-refractivity contribution in [2.24, 2.45) is 0 Å². The molecule has 1 aromatic carbocycles. The summed E-state index contributed by atoms with van der Waals surface area (Å²) in [4.78, 5) is 23.1. The number of aliphatic hydroxyl groups is 1. The van der Waals surface area contributed by atoms with Crippen LogP contribution in [-0.2, 0) is 13.0 Å². The van der Waals surface area contributed by atoms with Crippen molar-refractivity contribution in [2.75, 3.05) is 18.5 Å². The molecule has 2 amide bonds. The van der Waals surface area contributed by atoms with Crippen molar-refractivity contribution < 1.29 is 14.3 Å². The third kappa shape index (κ3) is 4.69. The largest absolute Gasteiger partial charge is 0.394 e. The van der Waals surface area contributed by atoms with Crippen molar-refractivity contribution in [1.29, 1.82) is 0 Å². The first kappa shape index (κ1) is 20.3. The molecule has 3 N–H and O–H groups in total. The van der Waals surface area contributed by atoms with E-state index in [-0.39, 0.29) is 29.7 Å². The van der Waals surface area contributed by atoms with Crippen LogP contribution in [0.2, 0.25) is 5.02 Å². The fraction of sp³-hybridized carbons (Fsp3) is 0.421. The molecule has 1 aliphatic rings. The zero-order valence-corrected chi connectivity index (χ0v) is 16.5. The van der Waals surface area contributed by atoms with E-state index in [1.54, 1.807) is 17.2 Å². The highest BCUT2D eigenvalue weighted by molar-refractivity contribution is 6.30. The molecule has 0 unspecified atom stereocenters. The molecular weight excluding hydrogens is 385 g/mol. The van der Waals surface area contributed by atoms with Crippen molar-refractivity contribution in [3.05, 3.63) is 52.1 Å². The molecule has 150 valence electrons. The smallest absolute Gasteiger partial charge is 0.318 e. The van der Waals surface area contributed by atoms with Crippen LogP contribution in [0, 0.1) is 5.82 Å². The summed E-state index contributed by atoms with van der Waals surface area (Å²) < 4.78 is 13.3. The zero-order valence-electron chi connectivity index (χ0n) is 15.7. The molecule has 2 atom stereocenters. The molecule has 0 bridgehead atoms. The number of nitrogens with zero attached hydrogens (tertiary/aromatic N) is 3. The Morgan fingerprint density at radius 3 is 2.93 bits per heavy atom. The van der Waals surface area contributed by atoms with Crippen LogP contribution in [0.1, 0.15) is 36.7 Å². The number of fused-ring (bicyclic) bond motifs is 1. The Balaban J connectivity index is 1.66. The summed E-state index contributed by atoms with van der Waals surface area (Å²) in [6, 6.07) is 3.70. The number of benzene rings is 1. The van der Waals surface area contributed by atoms with Gasteiger partial charge in [-0.2, -0.15) is 0 Å². The van der Waals surface area contributed by atoms with Crippen molar-refractivity contribution in [3.63, 3.8) is 0 Å². The molecule has 1 aromatic heterocycles. The van der Waals surface area contributed by atoms with Crippen LogP contribution in [0.25, 0.3) is 0 Å². The van der Waals surface area contributed by atoms with Crippen molar-refractivity contribution in [2.45, 2.75) is 38.9 Å². The van der Waals surface area contributed by atoms with Gasteiger partial charge in [-0.25, -0.2) is 19.2 Å². The van der Waals surface area contributed by atoms with Gasteiger partial charge < -0.3 is 20.6 Å². The number of nitrogens with one attached hydrogen (secondary N) is 2. The van der Waals surface area contributed by atoms with Crippen LogP contribution >= 0.6 is 11.6 Å². The normalized spacial score (nSPS) is 15.5. The molecule has 3 rings (SSSR count). The lowest BCUT2D eigenvalue weighted by Crippen LogP contribution is -2.44. The second-order valence-corrected chi connectivity index (χ2v) is 7.32. The van der Waals surface area contributed by atoms with Crippen molar-refractivity contribution in [1.82, 2.24) is 20.2 Å². The van der Waals surface area contributed by atoms with Crippen LogP contribution in [0.4, 0.5) is 15.1 Å². The van der Waals surface area contributed by atoms with E-state index < -0.39 is 5.82 Å². The lowest BCUT2D eigenvalue weighted by Gasteiger charge is -2.29. The maximum atomic E-state index is 13.3. The molecule has 0 saturated carbocycles. The molecular formula is C19H23ClFN5O2. The molecule has 7 nitrogen and oxygen atoms in total. The summed E-state index contributed by atoms with van der Waals surface area (Å²) >= 11 is 5.83. The third-order valence-electron chi connectivity index (χ3n) is 4.67. The molecule has 0 radical (unpaired) electrons. The lowest BCUT2D eigenvalue weighted by atomic mass is 10.1. The fourth-order valence-electron chi connectivity index (χ4n) is 2.95. The highest BCUT2D eigenvalue weighted by Gasteiger charge is 2.24. The number of amides is 2. The van der Waals surface area contributed by atoms with Crippen LogP contribution < -0.4 is 10.6 Å². The number of rotatable bonds is 5. The van der Waals surface area contributed by atoms with E-state index in [9.17, 15) is 9.18 Å². The summed E-state index contributed by atoms with van der Waals surface area (Å²) in [5.74, 6) is -0.0620. The van der Waals surface area contributed by atoms with Gasteiger partial charge in [0, 0.05) is 18.8 Å². The summed E-state index contributed by atoms with van der Waals surface area (Å²) in [6.07, 6.45) is 2.42. The summed E-state index contributed by atoms with van der Waals surface area (Å²) in [6.45, 7) is 4.54. The summed E-state index contributed by atoms with van der Waals surface area (Å²) in [7, 11) is 0. The van der Waals surface area contributed by atoms with Gasteiger partial charge in [-0.1, -0.05) is 17.7 Å². The highest BCUT2D eigenvalue weighted by atomic mass is 35.5. The third-order valence-corrected chi connectivity index (χ3v) is 4.96. The average Bonchev–Trinajstić information content (AvgIpc) is 2.69. The number of carbonyl (C=O) groups excluding carboxylic acids is 1. The Bertz CT molecular complexity index is 866. The Morgan fingerprint density at radius 2 is 2.21 bits per heavy atom. The average molecular weight is 408 g/mol.